The van der Waals surface area contributed by atoms with E-state index in [-0.39, 0.29) is 6.04 Å². The van der Waals surface area contributed by atoms with Crippen molar-refractivity contribution in [1.29, 1.82) is 0 Å². The molecule has 1 unspecified atom stereocenters. The first-order chi connectivity index (χ1) is 10.1. The average Bonchev–Trinajstić information content (AvgIpc) is 2.52. The molecule has 0 spiro atoms. The first kappa shape index (κ1) is 15.5. The van der Waals surface area contributed by atoms with Gasteiger partial charge < -0.3 is 4.74 Å². The first-order valence-corrected chi connectivity index (χ1v) is 7.31. The highest BCUT2D eigenvalue weighted by Gasteiger charge is 2.19. The van der Waals surface area contributed by atoms with Crippen LogP contribution in [0.1, 0.15) is 40.8 Å². The number of hydrogen-bond acceptors (Lipinski definition) is 3. The van der Waals surface area contributed by atoms with E-state index >= 15 is 0 Å². The van der Waals surface area contributed by atoms with Crippen LogP contribution in [-0.2, 0) is 6.42 Å². The summed E-state index contributed by atoms with van der Waals surface area (Å²) in [6.07, 6.45) is 1.04. The topological polar surface area (TPSA) is 47.3 Å². The summed E-state index contributed by atoms with van der Waals surface area (Å²) in [4.78, 5) is 0. The fourth-order valence-corrected chi connectivity index (χ4v) is 2.62. The third-order valence-corrected chi connectivity index (χ3v) is 4.11. The number of methoxy groups -OCH3 is 1. The zero-order valence-electron chi connectivity index (χ0n) is 13.2. The Labute approximate surface area is 127 Å². The van der Waals surface area contributed by atoms with E-state index in [1.54, 1.807) is 7.11 Å². The Morgan fingerprint density at radius 3 is 2.29 bits per heavy atom. The molecule has 0 saturated carbocycles. The van der Waals surface area contributed by atoms with Crippen LogP contribution in [0.3, 0.4) is 0 Å². The van der Waals surface area contributed by atoms with Crippen molar-refractivity contribution in [2.24, 2.45) is 5.84 Å². The second-order valence-corrected chi connectivity index (χ2v) is 5.32. The molecular formula is C18H24N2O. The molecule has 1 atom stereocenters. The number of benzene rings is 2. The van der Waals surface area contributed by atoms with E-state index in [1.165, 1.54) is 11.1 Å². The maximum absolute atomic E-state index is 5.81. The maximum atomic E-state index is 5.81. The Balaban J connectivity index is 2.48. The molecule has 0 aliphatic rings. The summed E-state index contributed by atoms with van der Waals surface area (Å²) in [6.45, 7) is 6.31. The van der Waals surface area contributed by atoms with Crippen LogP contribution in [0.15, 0.2) is 36.4 Å². The molecule has 3 nitrogen and oxygen atoms in total. The lowest BCUT2D eigenvalue weighted by atomic mass is 9.94. The smallest absolute Gasteiger partial charge is 0.127 e. The van der Waals surface area contributed by atoms with Gasteiger partial charge in [-0.1, -0.05) is 43.3 Å². The normalized spacial score (nSPS) is 12.2. The van der Waals surface area contributed by atoms with E-state index < -0.39 is 0 Å². The van der Waals surface area contributed by atoms with Crippen molar-refractivity contribution in [3.63, 3.8) is 0 Å². The Bertz CT molecular complexity index is 605. The lowest BCUT2D eigenvalue weighted by molar-refractivity contribution is 0.400. The summed E-state index contributed by atoms with van der Waals surface area (Å²) in [7, 11) is 1.71. The Morgan fingerprint density at radius 2 is 1.76 bits per heavy atom. The third kappa shape index (κ3) is 3.09. The fourth-order valence-electron chi connectivity index (χ4n) is 2.62. The third-order valence-electron chi connectivity index (χ3n) is 4.11. The van der Waals surface area contributed by atoms with Crippen molar-refractivity contribution in [2.45, 2.75) is 33.2 Å². The van der Waals surface area contributed by atoms with Crippen molar-refractivity contribution < 1.29 is 4.74 Å². The van der Waals surface area contributed by atoms with E-state index in [1.807, 2.05) is 0 Å². The van der Waals surface area contributed by atoms with Crippen molar-refractivity contribution in [2.75, 3.05) is 7.11 Å². The minimum absolute atomic E-state index is 0.0786. The van der Waals surface area contributed by atoms with Crippen molar-refractivity contribution in [3.05, 3.63) is 64.2 Å². The maximum Gasteiger partial charge on any atom is 0.127 e. The predicted octanol–water partition coefficient (Wildman–Crippen LogP) is 3.43. The Morgan fingerprint density at radius 1 is 1.10 bits per heavy atom. The number of rotatable bonds is 5. The molecule has 0 aromatic heterocycles. The van der Waals surface area contributed by atoms with Gasteiger partial charge in [0.25, 0.3) is 0 Å². The van der Waals surface area contributed by atoms with E-state index in [0.29, 0.717) is 0 Å². The van der Waals surface area contributed by atoms with Crippen LogP contribution in [0.5, 0.6) is 5.75 Å². The minimum Gasteiger partial charge on any atom is -0.496 e. The summed E-state index contributed by atoms with van der Waals surface area (Å²) in [5, 5.41) is 0. The van der Waals surface area contributed by atoms with Crippen LogP contribution < -0.4 is 16.0 Å². The summed E-state index contributed by atoms with van der Waals surface area (Å²) in [5.74, 6) is 6.71. The van der Waals surface area contributed by atoms with E-state index in [4.69, 9.17) is 10.6 Å². The first-order valence-electron chi connectivity index (χ1n) is 7.31. The highest BCUT2D eigenvalue weighted by atomic mass is 16.5. The lowest BCUT2D eigenvalue weighted by Gasteiger charge is -2.22. The van der Waals surface area contributed by atoms with Gasteiger partial charge in [-0.15, -0.1) is 0 Å². The molecule has 3 N–H and O–H groups in total. The van der Waals surface area contributed by atoms with Gasteiger partial charge in [-0.2, -0.15) is 0 Å². The van der Waals surface area contributed by atoms with Crippen molar-refractivity contribution >= 4 is 0 Å². The molecule has 0 bridgehead atoms. The molecule has 0 saturated heterocycles. The van der Waals surface area contributed by atoms with Crippen LogP contribution in [0.4, 0.5) is 0 Å². The van der Waals surface area contributed by atoms with Crippen LogP contribution >= 0.6 is 0 Å². The van der Waals surface area contributed by atoms with E-state index in [2.05, 4.69) is 62.6 Å². The number of hydrogen-bond donors (Lipinski definition) is 2. The summed E-state index contributed by atoms with van der Waals surface area (Å²) in [6, 6.07) is 12.7. The standard InChI is InChI=1S/C18H24N2O/c1-5-14-7-9-15(10-8-14)17(20-19)16-11-6-12(2)13(3)18(16)21-4/h6-11,17,20H,5,19H2,1-4H3. The van der Waals surface area contributed by atoms with E-state index in [9.17, 15) is 0 Å². The molecule has 0 aliphatic heterocycles. The highest BCUT2D eigenvalue weighted by Crippen LogP contribution is 2.33. The second-order valence-electron chi connectivity index (χ2n) is 5.32. The van der Waals surface area contributed by atoms with Crippen LogP contribution in [0.2, 0.25) is 0 Å². The van der Waals surface area contributed by atoms with Gasteiger partial charge in [0.05, 0.1) is 13.2 Å². The quantitative estimate of drug-likeness (QED) is 0.653. The number of nitrogens with two attached hydrogens (primary N) is 1. The predicted molar refractivity (Wildman–Crippen MR) is 87.5 cm³/mol. The minimum atomic E-state index is -0.0786. The van der Waals surface area contributed by atoms with Gasteiger partial charge >= 0.3 is 0 Å². The lowest BCUT2D eigenvalue weighted by Crippen LogP contribution is -2.29. The van der Waals surface area contributed by atoms with Crippen LogP contribution in [-0.4, -0.2) is 7.11 Å². The summed E-state index contributed by atoms with van der Waals surface area (Å²) in [5.41, 5.74) is 8.80. The molecule has 0 amide bonds. The number of ether oxygens (including phenoxy) is 1. The van der Waals surface area contributed by atoms with E-state index in [0.717, 1.165) is 28.9 Å². The SMILES string of the molecule is CCc1ccc(C(NN)c2ccc(C)c(C)c2OC)cc1. The Hall–Kier alpha value is -1.84. The summed E-state index contributed by atoms with van der Waals surface area (Å²) >= 11 is 0. The second kappa shape index (κ2) is 6.74. The summed E-state index contributed by atoms with van der Waals surface area (Å²) < 4.78 is 5.61. The molecule has 2 aromatic rings. The van der Waals surface area contributed by atoms with Gasteiger partial charge in [-0.3, -0.25) is 5.84 Å². The highest BCUT2D eigenvalue weighted by molar-refractivity contribution is 5.49. The van der Waals surface area contributed by atoms with Gasteiger partial charge in [-0.25, -0.2) is 5.43 Å². The van der Waals surface area contributed by atoms with Gasteiger partial charge in [-0.05, 0) is 42.5 Å². The van der Waals surface area contributed by atoms with Crippen molar-refractivity contribution in [3.8, 4) is 5.75 Å². The molecule has 112 valence electrons. The molecule has 21 heavy (non-hydrogen) atoms. The molecule has 0 radical (unpaired) electrons. The monoisotopic (exact) mass is 284 g/mol. The zero-order chi connectivity index (χ0) is 15.4. The number of hydrazine groups is 1. The average molecular weight is 284 g/mol. The van der Waals surface area contributed by atoms with Crippen LogP contribution in [0.25, 0.3) is 0 Å². The van der Waals surface area contributed by atoms with Gasteiger partial charge in [0.1, 0.15) is 5.75 Å². The molecule has 0 aliphatic carbocycles. The zero-order valence-corrected chi connectivity index (χ0v) is 13.2. The molecule has 3 heteroatoms. The largest absolute Gasteiger partial charge is 0.496 e. The van der Waals surface area contributed by atoms with Gasteiger partial charge in [0.2, 0.25) is 0 Å². The Kier molecular flexibility index (Phi) is 4.99. The number of nitrogens with one attached hydrogen (secondary N) is 1. The molecule has 2 aromatic carbocycles. The molecular weight excluding hydrogens is 260 g/mol. The molecule has 0 heterocycles. The van der Waals surface area contributed by atoms with Gasteiger partial charge in [0, 0.05) is 5.56 Å². The molecule has 0 fully saturated rings. The van der Waals surface area contributed by atoms with Crippen molar-refractivity contribution in [1.82, 2.24) is 5.43 Å². The van der Waals surface area contributed by atoms with Crippen LogP contribution in [0, 0.1) is 13.8 Å². The van der Waals surface area contributed by atoms with Gasteiger partial charge in [0.15, 0.2) is 0 Å². The number of aryl methyl sites for hydroxylation is 2. The molecule has 2 rings (SSSR count). The fraction of sp³-hybridized carbons (Fsp3) is 0.333.